The third-order valence-electron chi connectivity index (χ3n) is 13.0. The number of carbonyl (C=O) groups excluding carboxylic acids is 3. The number of ether oxygens (including phenoxy) is 1. The molecular weight excluding hydrogens is 715 g/mol. The van der Waals surface area contributed by atoms with Crippen molar-refractivity contribution in [3.8, 4) is 5.75 Å². The van der Waals surface area contributed by atoms with Crippen LogP contribution in [0.3, 0.4) is 0 Å². The van der Waals surface area contributed by atoms with Crippen LogP contribution in [0.5, 0.6) is 5.75 Å². The summed E-state index contributed by atoms with van der Waals surface area (Å²) in [6.45, 7) is 4.38. The molecule has 1 saturated heterocycles. The molecule has 12 heteroatoms. The Bertz CT molecular complexity index is 2120. The van der Waals surface area contributed by atoms with Gasteiger partial charge in [-0.25, -0.2) is 13.4 Å². The van der Waals surface area contributed by atoms with Gasteiger partial charge in [0.05, 0.1) is 28.5 Å². The van der Waals surface area contributed by atoms with Gasteiger partial charge in [-0.15, -0.1) is 0 Å². The summed E-state index contributed by atoms with van der Waals surface area (Å²) in [4.78, 5) is 50.4. The smallest absolute Gasteiger partial charge is 0.259 e. The molecule has 2 saturated carbocycles. The highest BCUT2D eigenvalue weighted by atomic mass is 32.2. The summed E-state index contributed by atoms with van der Waals surface area (Å²) in [5, 5.41) is 7.69. The number of fused-ring (bicyclic) bond motifs is 5. The number of aryl methyl sites for hydroxylation is 2. The molecule has 5 unspecified atom stereocenters. The van der Waals surface area contributed by atoms with Crippen molar-refractivity contribution in [2.75, 3.05) is 13.1 Å². The van der Waals surface area contributed by atoms with Crippen LogP contribution in [-0.2, 0) is 37.2 Å². The Hall–Kier alpha value is -4.29. The predicted octanol–water partition coefficient (Wildman–Crippen LogP) is 5.19. The number of amides is 3. The molecule has 3 aliphatic heterocycles. The summed E-state index contributed by atoms with van der Waals surface area (Å²) in [5.74, 6) is -1.00. The molecule has 2 aliphatic carbocycles. The third kappa shape index (κ3) is 7.16. The SMILES string of the molecule is Cc1nc2ccccc2c2c1OC1(CC2)CC2C(=O)NC3(C(=O)NS(=O)(=O)C4(C)CC4)CCC3C=CCCCCCC(NCCc3ccccc3)C(=O)N2C1. The Morgan fingerprint density at radius 1 is 1.00 bits per heavy atom. The number of sulfonamides is 1. The average Bonchev–Trinajstić information content (AvgIpc) is 3.83. The summed E-state index contributed by atoms with van der Waals surface area (Å²) < 4.78 is 35.0. The van der Waals surface area contributed by atoms with Crippen molar-refractivity contribution in [3.05, 3.63) is 83.6 Å². The molecule has 11 nitrogen and oxygen atoms in total. The summed E-state index contributed by atoms with van der Waals surface area (Å²) in [7, 11) is -3.95. The quantitative estimate of drug-likeness (QED) is 0.279. The number of nitrogens with one attached hydrogen (secondary N) is 3. The van der Waals surface area contributed by atoms with E-state index in [-0.39, 0.29) is 24.8 Å². The molecule has 8 rings (SSSR count). The molecule has 3 fully saturated rings. The lowest BCUT2D eigenvalue weighted by Gasteiger charge is -2.48. The summed E-state index contributed by atoms with van der Waals surface area (Å²) in [5.41, 5.74) is 1.62. The highest BCUT2D eigenvalue weighted by molar-refractivity contribution is 7.91. The minimum Gasteiger partial charge on any atom is -0.483 e. The molecule has 1 aromatic heterocycles. The van der Waals surface area contributed by atoms with Crippen molar-refractivity contribution in [2.24, 2.45) is 5.92 Å². The first-order chi connectivity index (χ1) is 26.4. The van der Waals surface area contributed by atoms with Crippen LogP contribution in [0.15, 0.2) is 66.7 Å². The van der Waals surface area contributed by atoms with E-state index >= 15 is 0 Å². The van der Waals surface area contributed by atoms with E-state index in [0.717, 1.165) is 54.3 Å². The fourth-order valence-corrected chi connectivity index (χ4v) is 10.4. The van der Waals surface area contributed by atoms with E-state index in [2.05, 4.69) is 39.6 Å². The van der Waals surface area contributed by atoms with E-state index in [4.69, 9.17) is 9.72 Å². The molecule has 2 aromatic carbocycles. The van der Waals surface area contributed by atoms with Gasteiger partial charge in [-0.05, 0) is 96.2 Å². The van der Waals surface area contributed by atoms with E-state index < -0.39 is 49.8 Å². The fourth-order valence-electron chi connectivity index (χ4n) is 9.11. The van der Waals surface area contributed by atoms with Crippen molar-refractivity contribution >= 4 is 38.6 Å². The number of hydrogen-bond donors (Lipinski definition) is 3. The monoisotopic (exact) mass is 767 g/mol. The van der Waals surface area contributed by atoms with Gasteiger partial charge in [0.25, 0.3) is 5.91 Å². The zero-order chi connectivity index (χ0) is 38.4. The molecule has 0 radical (unpaired) electrons. The largest absolute Gasteiger partial charge is 0.483 e. The van der Waals surface area contributed by atoms with E-state index in [1.54, 1.807) is 11.8 Å². The number of para-hydroxylation sites is 1. The van der Waals surface area contributed by atoms with Crippen molar-refractivity contribution in [3.63, 3.8) is 0 Å². The molecule has 3 N–H and O–H groups in total. The van der Waals surface area contributed by atoms with E-state index in [9.17, 15) is 22.8 Å². The van der Waals surface area contributed by atoms with Gasteiger partial charge in [0, 0.05) is 23.3 Å². The second kappa shape index (κ2) is 14.7. The van der Waals surface area contributed by atoms with Crippen molar-refractivity contribution in [1.29, 1.82) is 0 Å². The van der Waals surface area contributed by atoms with Crippen LogP contribution >= 0.6 is 0 Å². The van der Waals surface area contributed by atoms with Crippen LogP contribution in [0.25, 0.3) is 10.9 Å². The topological polar surface area (TPSA) is 147 Å². The lowest BCUT2D eigenvalue weighted by atomic mass is 9.65. The summed E-state index contributed by atoms with van der Waals surface area (Å²) in [6.07, 6.45) is 12.3. The number of nitrogens with zero attached hydrogens (tertiary/aromatic N) is 2. The van der Waals surface area contributed by atoms with Gasteiger partial charge in [-0.2, -0.15) is 0 Å². The lowest BCUT2D eigenvalue weighted by Crippen LogP contribution is -2.70. The van der Waals surface area contributed by atoms with Crippen LogP contribution in [-0.4, -0.2) is 77.1 Å². The molecular formula is C43H53N5O6S. The summed E-state index contributed by atoms with van der Waals surface area (Å²) in [6, 6.07) is 16.7. The molecule has 4 heterocycles. The molecule has 1 spiro atoms. The first-order valence-electron chi connectivity index (χ1n) is 20.1. The molecule has 0 bridgehead atoms. The highest BCUT2D eigenvalue weighted by Crippen LogP contribution is 2.47. The number of aromatic nitrogens is 1. The molecule has 3 aromatic rings. The minimum atomic E-state index is -3.95. The van der Waals surface area contributed by atoms with E-state index in [1.807, 2.05) is 49.4 Å². The van der Waals surface area contributed by atoms with E-state index in [1.165, 1.54) is 5.56 Å². The normalized spacial score (nSPS) is 29.1. The molecule has 292 valence electrons. The Morgan fingerprint density at radius 3 is 2.55 bits per heavy atom. The Morgan fingerprint density at radius 2 is 1.78 bits per heavy atom. The Kier molecular flexibility index (Phi) is 10.0. The molecule has 55 heavy (non-hydrogen) atoms. The van der Waals surface area contributed by atoms with Gasteiger partial charge in [0.1, 0.15) is 22.9 Å². The number of hydrogen-bond acceptors (Lipinski definition) is 8. The second-order valence-electron chi connectivity index (χ2n) is 16.8. The average molecular weight is 768 g/mol. The Balaban J connectivity index is 1.12. The number of rotatable bonds is 7. The fraction of sp³-hybridized carbons (Fsp3) is 0.535. The third-order valence-corrected chi connectivity index (χ3v) is 15.2. The van der Waals surface area contributed by atoms with Gasteiger partial charge < -0.3 is 20.3 Å². The maximum absolute atomic E-state index is 14.9. The van der Waals surface area contributed by atoms with Crippen LogP contribution in [0.2, 0.25) is 0 Å². The molecule has 5 aliphatic rings. The maximum atomic E-state index is 14.9. The minimum absolute atomic E-state index is 0.159. The van der Waals surface area contributed by atoms with E-state index in [0.29, 0.717) is 57.2 Å². The first-order valence-corrected chi connectivity index (χ1v) is 21.6. The van der Waals surface area contributed by atoms with Crippen LogP contribution in [0.4, 0.5) is 0 Å². The summed E-state index contributed by atoms with van der Waals surface area (Å²) >= 11 is 0. The van der Waals surface area contributed by atoms with Crippen molar-refractivity contribution in [1.82, 2.24) is 25.2 Å². The van der Waals surface area contributed by atoms with Gasteiger partial charge in [0.2, 0.25) is 21.8 Å². The van der Waals surface area contributed by atoms with Gasteiger partial charge in [-0.3, -0.25) is 19.1 Å². The standard InChI is InChI=1S/C43H53N5O6S/c1-29-37-33(32-16-11-12-17-34(32)45-29)20-22-42(54-37)27-36-38(49)46-43(40(51)47-55(52,53)41(2)24-25-41)23-19-31(43)15-9-4-3-5-10-18-35(39(50)48(36)28-42)44-26-21-30-13-7-6-8-14-30/h6-9,11-17,31,35-36,44H,3-5,10,18-28H2,1-2H3,(H,46,49)(H,47,51). The molecule has 3 amide bonds. The molecule has 5 atom stereocenters. The number of benzene rings is 2. The van der Waals surface area contributed by atoms with Crippen LogP contribution in [0.1, 0.15) is 94.4 Å². The van der Waals surface area contributed by atoms with Gasteiger partial charge >= 0.3 is 0 Å². The van der Waals surface area contributed by atoms with Gasteiger partial charge in [-0.1, -0.05) is 73.5 Å². The highest BCUT2D eigenvalue weighted by Gasteiger charge is 2.59. The van der Waals surface area contributed by atoms with Crippen molar-refractivity contribution in [2.45, 2.75) is 125 Å². The predicted molar refractivity (Wildman–Crippen MR) is 211 cm³/mol. The number of carbonyl (C=O) groups is 3. The first kappa shape index (κ1) is 37.6. The zero-order valence-electron chi connectivity index (χ0n) is 31.9. The number of allylic oxidation sites excluding steroid dienone is 1. The lowest BCUT2D eigenvalue weighted by molar-refractivity contribution is -0.144. The maximum Gasteiger partial charge on any atom is 0.259 e. The number of pyridine rings is 1. The Labute approximate surface area is 324 Å². The zero-order valence-corrected chi connectivity index (χ0v) is 32.8. The van der Waals surface area contributed by atoms with Gasteiger partial charge in [0.15, 0.2) is 0 Å². The second-order valence-corrected chi connectivity index (χ2v) is 19.0. The van der Waals surface area contributed by atoms with Crippen LogP contribution < -0.4 is 20.1 Å². The van der Waals surface area contributed by atoms with Crippen LogP contribution in [0, 0.1) is 12.8 Å². The van der Waals surface area contributed by atoms with Crippen molar-refractivity contribution < 1.29 is 27.5 Å².